The van der Waals surface area contributed by atoms with Crippen molar-refractivity contribution in [2.45, 2.75) is 85.0 Å². The number of unbranched alkanes of at least 4 members (excludes halogenated alkanes) is 6. The third-order valence-corrected chi connectivity index (χ3v) is 6.18. The highest BCUT2D eigenvalue weighted by Crippen LogP contribution is 2.19. The first-order chi connectivity index (χ1) is 16.3. The topological polar surface area (TPSA) is 35.5 Å². The highest BCUT2D eigenvalue weighted by Gasteiger charge is 2.27. The molecule has 0 spiro atoms. The number of quaternary nitrogens is 1. The molecule has 2 aromatic rings. The average Bonchev–Trinajstić information content (AvgIpc) is 2.78. The van der Waals surface area contributed by atoms with Crippen LogP contribution in [0.1, 0.15) is 76.8 Å². The van der Waals surface area contributed by atoms with Crippen LogP contribution in [0.15, 0.2) is 54.6 Å². The van der Waals surface area contributed by atoms with Gasteiger partial charge in [0.25, 0.3) is 0 Å². The van der Waals surface area contributed by atoms with Crippen molar-refractivity contribution >= 4 is 5.97 Å². The largest absolute Gasteiger partial charge is 0.455 e. The van der Waals surface area contributed by atoms with Gasteiger partial charge >= 0.3 is 5.97 Å². The van der Waals surface area contributed by atoms with Gasteiger partial charge < -0.3 is 14.0 Å². The summed E-state index contributed by atoms with van der Waals surface area (Å²) in [5.41, 5.74) is 2.54. The molecule has 0 aromatic heterocycles. The van der Waals surface area contributed by atoms with E-state index in [1.165, 1.54) is 56.1 Å². The van der Waals surface area contributed by atoms with Crippen LogP contribution in [0.5, 0.6) is 5.75 Å². The fourth-order valence-corrected chi connectivity index (χ4v) is 4.51. The fourth-order valence-electron chi connectivity index (χ4n) is 4.51. The number of carbonyl (C=O) groups excluding carboxylic acids is 1. The molecule has 0 bridgehead atoms. The summed E-state index contributed by atoms with van der Waals surface area (Å²) in [6.45, 7) is 7.55. The SMILES string of the molecule is CCCCCCCCCc1cccc(OC(C)OC(=O)C(C)C[N+](C)(C)Cc2ccccc2)c1. The van der Waals surface area contributed by atoms with Crippen molar-refractivity contribution in [3.8, 4) is 5.75 Å². The van der Waals surface area contributed by atoms with Crippen LogP contribution in [0.25, 0.3) is 0 Å². The molecule has 0 radical (unpaired) electrons. The Balaban J connectivity index is 1.75. The number of esters is 1. The van der Waals surface area contributed by atoms with E-state index in [1.54, 1.807) is 6.92 Å². The van der Waals surface area contributed by atoms with E-state index >= 15 is 0 Å². The molecule has 2 unspecified atom stereocenters. The maximum atomic E-state index is 12.7. The number of rotatable bonds is 16. The van der Waals surface area contributed by atoms with Gasteiger partial charge in [-0.05, 0) is 37.5 Å². The highest BCUT2D eigenvalue weighted by molar-refractivity contribution is 5.72. The molecule has 4 nitrogen and oxygen atoms in total. The molecule has 2 atom stereocenters. The van der Waals surface area contributed by atoms with Crippen LogP contribution < -0.4 is 4.74 Å². The monoisotopic (exact) mass is 468 g/mol. The van der Waals surface area contributed by atoms with E-state index in [2.05, 4.69) is 57.4 Å². The Bertz CT molecular complexity index is 834. The summed E-state index contributed by atoms with van der Waals surface area (Å²) < 4.78 is 12.3. The Morgan fingerprint density at radius 2 is 1.50 bits per heavy atom. The van der Waals surface area contributed by atoms with Crippen molar-refractivity contribution in [1.82, 2.24) is 0 Å². The first-order valence-corrected chi connectivity index (χ1v) is 13.1. The standard InChI is InChI=1S/C30H46NO3/c1-6-7-8-9-10-11-13-17-27-20-16-21-29(22-27)33-26(3)34-30(32)25(2)23-31(4,5)24-28-18-14-12-15-19-28/h12,14-16,18-22,25-26H,6-11,13,17,23-24H2,1-5H3/q+1. The molecule has 0 heterocycles. The van der Waals surface area contributed by atoms with E-state index in [1.807, 2.05) is 25.1 Å². The molecule has 0 N–H and O–H groups in total. The minimum atomic E-state index is -0.617. The Morgan fingerprint density at radius 3 is 2.21 bits per heavy atom. The summed E-state index contributed by atoms with van der Waals surface area (Å²) in [6, 6.07) is 18.6. The minimum absolute atomic E-state index is 0.214. The summed E-state index contributed by atoms with van der Waals surface area (Å²) in [5.74, 6) is 0.327. The Morgan fingerprint density at radius 1 is 0.853 bits per heavy atom. The van der Waals surface area contributed by atoms with E-state index in [-0.39, 0.29) is 11.9 Å². The molecule has 0 saturated heterocycles. The molecule has 0 fully saturated rings. The van der Waals surface area contributed by atoms with Gasteiger partial charge in [0.15, 0.2) is 0 Å². The van der Waals surface area contributed by atoms with Gasteiger partial charge in [-0.1, -0.05) is 87.9 Å². The lowest BCUT2D eigenvalue weighted by Gasteiger charge is -2.32. The van der Waals surface area contributed by atoms with Crippen LogP contribution in [0.2, 0.25) is 0 Å². The normalized spacial score (nSPS) is 13.3. The van der Waals surface area contributed by atoms with Crippen LogP contribution in [-0.4, -0.2) is 37.4 Å². The van der Waals surface area contributed by atoms with E-state index in [0.717, 1.165) is 23.2 Å². The third-order valence-electron chi connectivity index (χ3n) is 6.18. The molecular weight excluding hydrogens is 422 g/mol. The summed E-state index contributed by atoms with van der Waals surface area (Å²) in [4.78, 5) is 12.7. The fraction of sp³-hybridized carbons (Fsp3) is 0.567. The Labute approximate surface area is 207 Å². The predicted octanol–water partition coefficient (Wildman–Crippen LogP) is 7.16. The van der Waals surface area contributed by atoms with Gasteiger partial charge in [-0.2, -0.15) is 0 Å². The molecule has 0 amide bonds. The smallest absolute Gasteiger partial charge is 0.317 e. The number of ether oxygens (including phenoxy) is 2. The van der Waals surface area contributed by atoms with Gasteiger partial charge in [0.1, 0.15) is 18.2 Å². The number of hydrogen-bond donors (Lipinski definition) is 0. The molecule has 0 aliphatic carbocycles. The van der Waals surface area contributed by atoms with Crippen molar-refractivity contribution in [2.24, 2.45) is 5.92 Å². The van der Waals surface area contributed by atoms with E-state index in [0.29, 0.717) is 6.54 Å². The molecule has 188 valence electrons. The van der Waals surface area contributed by atoms with Gasteiger partial charge in [-0.15, -0.1) is 0 Å². The third kappa shape index (κ3) is 11.2. The summed E-state index contributed by atoms with van der Waals surface area (Å²) in [7, 11) is 4.29. The van der Waals surface area contributed by atoms with Crippen LogP contribution in [0.3, 0.4) is 0 Å². The van der Waals surface area contributed by atoms with Crippen molar-refractivity contribution in [3.63, 3.8) is 0 Å². The first kappa shape index (κ1) is 27.9. The van der Waals surface area contributed by atoms with Crippen LogP contribution in [0.4, 0.5) is 0 Å². The Kier molecular flexibility index (Phi) is 12.2. The minimum Gasteiger partial charge on any atom is -0.455 e. The number of benzene rings is 2. The molecule has 2 aromatic carbocycles. The quantitative estimate of drug-likeness (QED) is 0.113. The van der Waals surface area contributed by atoms with Crippen LogP contribution in [-0.2, 0) is 22.5 Å². The lowest BCUT2D eigenvalue weighted by Crippen LogP contribution is -2.44. The second-order valence-electron chi connectivity index (χ2n) is 10.3. The number of nitrogens with zero attached hydrogens (tertiary/aromatic N) is 1. The second-order valence-corrected chi connectivity index (χ2v) is 10.3. The molecule has 0 saturated carbocycles. The first-order valence-electron chi connectivity index (χ1n) is 13.1. The second kappa shape index (κ2) is 14.8. The zero-order chi connectivity index (χ0) is 24.8. The maximum absolute atomic E-state index is 12.7. The lowest BCUT2D eigenvalue weighted by atomic mass is 10.0. The zero-order valence-electron chi connectivity index (χ0n) is 22.1. The molecule has 0 aliphatic rings. The van der Waals surface area contributed by atoms with Crippen LogP contribution >= 0.6 is 0 Å². The van der Waals surface area contributed by atoms with E-state index in [4.69, 9.17) is 9.47 Å². The van der Waals surface area contributed by atoms with Gasteiger partial charge in [0.05, 0.1) is 20.6 Å². The van der Waals surface area contributed by atoms with Gasteiger partial charge in [-0.25, -0.2) is 0 Å². The Hall–Kier alpha value is -2.33. The predicted molar refractivity (Wildman–Crippen MR) is 141 cm³/mol. The molecular formula is C30H46NO3+. The van der Waals surface area contributed by atoms with Gasteiger partial charge in [0.2, 0.25) is 6.29 Å². The van der Waals surface area contributed by atoms with Gasteiger partial charge in [-0.3, -0.25) is 4.79 Å². The zero-order valence-corrected chi connectivity index (χ0v) is 22.1. The molecule has 2 rings (SSSR count). The average molecular weight is 469 g/mol. The maximum Gasteiger partial charge on any atom is 0.317 e. The lowest BCUT2D eigenvalue weighted by molar-refractivity contribution is -0.905. The van der Waals surface area contributed by atoms with Crippen molar-refractivity contribution in [1.29, 1.82) is 0 Å². The van der Waals surface area contributed by atoms with Crippen molar-refractivity contribution in [3.05, 3.63) is 65.7 Å². The number of hydrogen-bond acceptors (Lipinski definition) is 3. The highest BCUT2D eigenvalue weighted by atomic mass is 16.7. The van der Waals surface area contributed by atoms with Crippen LogP contribution in [0, 0.1) is 5.92 Å². The summed E-state index contributed by atoms with van der Waals surface area (Å²) in [6.07, 6.45) is 9.60. The van der Waals surface area contributed by atoms with Gasteiger partial charge in [0, 0.05) is 12.5 Å². The molecule has 34 heavy (non-hydrogen) atoms. The van der Waals surface area contributed by atoms with Crippen molar-refractivity contribution < 1.29 is 18.8 Å². The summed E-state index contributed by atoms with van der Waals surface area (Å²) in [5, 5.41) is 0. The summed E-state index contributed by atoms with van der Waals surface area (Å²) >= 11 is 0. The molecule has 0 aliphatic heterocycles. The number of carbonyl (C=O) groups is 1. The van der Waals surface area contributed by atoms with E-state index < -0.39 is 6.29 Å². The number of aryl methyl sites for hydroxylation is 1. The molecule has 4 heteroatoms. The van der Waals surface area contributed by atoms with Crippen molar-refractivity contribution in [2.75, 3.05) is 20.6 Å². The van der Waals surface area contributed by atoms with E-state index in [9.17, 15) is 4.79 Å².